The van der Waals surface area contributed by atoms with Crippen molar-refractivity contribution in [2.24, 2.45) is 5.92 Å². The second-order valence-electron chi connectivity index (χ2n) is 11.6. The number of carbonyl (C=O) groups excluding carboxylic acids is 1. The van der Waals surface area contributed by atoms with Gasteiger partial charge in [-0.15, -0.1) is 0 Å². The Balaban J connectivity index is 1.41. The molecule has 0 spiro atoms. The Morgan fingerprint density at radius 1 is 1.03 bits per heavy atom. The average Bonchev–Trinajstić information content (AvgIpc) is 3.66. The van der Waals surface area contributed by atoms with Crippen LogP contribution in [0.4, 0.5) is 4.79 Å². The van der Waals surface area contributed by atoms with E-state index >= 15 is 0 Å². The molecule has 4 rings (SSSR count). The second-order valence-corrected chi connectivity index (χ2v) is 11.6. The van der Waals surface area contributed by atoms with Crippen LogP contribution in [0.3, 0.4) is 0 Å². The molecule has 0 aromatic heterocycles. The molecule has 204 valence electrons. The van der Waals surface area contributed by atoms with E-state index in [1.165, 1.54) is 11.1 Å². The quantitative estimate of drug-likeness (QED) is 0.377. The number of aromatic carboxylic acids is 1. The fourth-order valence-corrected chi connectivity index (χ4v) is 5.69. The van der Waals surface area contributed by atoms with Gasteiger partial charge in [0.05, 0.1) is 5.56 Å². The first-order valence-corrected chi connectivity index (χ1v) is 14.0. The number of hydrogen-bond donors (Lipinski definition) is 2. The van der Waals surface area contributed by atoms with Gasteiger partial charge in [-0.2, -0.15) is 0 Å². The smallest absolute Gasteiger partial charge is 0.410 e. The molecule has 0 saturated heterocycles. The SMILES string of the molecule is CCC(=Cc1ccccc1)[C@@H]1C[C@H]1N(C(=O)OC(C)(C)C)C1CCC(NCc2ccccc2C(=O)O)CC1. The summed E-state index contributed by atoms with van der Waals surface area (Å²) >= 11 is 0. The second kappa shape index (κ2) is 12.2. The van der Waals surface area contributed by atoms with Gasteiger partial charge in [0.1, 0.15) is 5.60 Å². The van der Waals surface area contributed by atoms with E-state index < -0.39 is 11.6 Å². The Labute approximate surface area is 227 Å². The molecule has 2 saturated carbocycles. The summed E-state index contributed by atoms with van der Waals surface area (Å²) in [4.78, 5) is 27.1. The van der Waals surface area contributed by atoms with Crippen molar-refractivity contribution in [3.8, 4) is 0 Å². The number of carboxylic acid groups (broad SMARTS) is 1. The lowest BCUT2D eigenvalue weighted by atomic mass is 9.89. The van der Waals surface area contributed by atoms with Crippen LogP contribution in [0, 0.1) is 5.92 Å². The van der Waals surface area contributed by atoms with Crippen LogP contribution >= 0.6 is 0 Å². The molecule has 2 aliphatic carbocycles. The molecule has 0 radical (unpaired) electrons. The molecular formula is C32H42N2O4. The molecule has 6 nitrogen and oxygen atoms in total. The molecule has 1 amide bonds. The van der Waals surface area contributed by atoms with E-state index in [-0.39, 0.29) is 18.2 Å². The fourth-order valence-electron chi connectivity index (χ4n) is 5.69. The van der Waals surface area contributed by atoms with E-state index in [0.717, 1.165) is 44.1 Å². The van der Waals surface area contributed by atoms with Gasteiger partial charge >= 0.3 is 12.1 Å². The number of benzene rings is 2. The first kappa shape index (κ1) is 27.9. The molecule has 2 aliphatic rings. The summed E-state index contributed by atoms with van der Waals surface area (Å²) in [5.74, 6) is -0.526. The maximum atomic E-state index is 13.5. The Morgan fingerprint density at radius 2 is 1.68 bits per heavy atom. The van der Waals surface area contributed by atoms with Crippen LogP contribution < -0.4 is 5.32 Å². The van der Waals surface area contributed by atoms with Crippen LogP contribution in [0.1, 0.15) is 87.7 Å². The number of carboxylic acids is 1. The van der Waals surface area contributed by atoms with Crippen molar-refractivity contribution in [2.75, 3.05) is 0 Å². The predicted octanol–water partition coefficient (Wildman–Crippen LogP) is 6.90. The van der Waals surface area contributed by atoms with Gasteiger partial charge in [-0.3, -0.25) is 0 Å². The highest BCUT2D eigenvalue weighted by Gasteiger charge is 2.49. The molecule has 2 atom stereocenters. The fraction of sp³-hybridized carbons (Fsp3) is 0.500. The standard InChI is InChI=1S/C32H42N2O4/c1-5-23(19-22-11-7-6-8-12-22)28-20-29(28)34(31(37)38-32(2,3)4)26-17-15-25(16-18-26)33-21-24-13-9-10-14-27(24)30(35)36/h6-14,19,25-26,28-29,33H,5,15-18,20-21H2,1-4H3,(H,35,36)/t25?,26?,28-,29+/m0/s1. The number of ether oxygens (including phenoxy) is 1. The molecule has 0 unspecified atom stereocenters. The van der Waals surface area contributed by atoms with Gasteiger partial charge in [-0.05, 0) is 76.5 Å². The molecule has 0 heterocycles. The van der Waals surface area contributed by atoms with Crippen molar-refractivity contribution in [3.05, 3.63) is 76.9 Å². The zero-order chi connectivity index (χ0) is 27.3. The lowest BCUT2D eigenvalue weighted by Crippen LogP contribution is -2.48. The van der Waals surface area contributed by atoms with E-state index in [4.69, 9.17) is 4.74 Å². The van der Waals surface area contributed by atoms with Crippen molar-refractivity contribution < 1.29 is 19.4 Å². The Morgan fingerprint density at radius 3 is 2.32 bits per heavy atom. The van der Waals surface area contributed by atoms with Gasteiger partial charge in [0.2, 0.25) is 0 Å². The normalized spacial score (nSPS) is 23.5. The maximum Gasteiger partial charge on any atom is 0.410 e. The number of hydrogen-bond acceptors (Lipinski definition) is 4. The minimum absolute atomic E-state index is 0.152. The maximum absolute atomic E-state index is 13.5. The third-order valence-corrected chi connectivity index (χ3v) is 7.67. The first-order chi connectivity index (χ1) is 18.2. The summed E-state index contributed by atoms with van der Waals surface area (Å²) in [6.07, 6.45) is 7.73. The zero-order valence-corrected chi connectivity index (χ0v) is 23.2. The van der Waals surface area contributed by atoms with E-state index in [1.54, 1.807) is 12.1 Å². The van der Waals surface area contributed by atoms with Gasteiger partial charge in [0, 0.05) is 30.6 Å². The van der Waals surface area contributed by atoms with Crippen LogP contribution in [-0.4, -0.2) is 45.8 Å². The summed E-state index contributed by atoms with van der Waals surface area (Å²) in [6.45, 7) is 8.51. The highest BCUT2D eigenvalue weighted by Crippen LogP contribution is 2.46. The summed E-state index contributed by atoms with van der Waals surface area (Å²) < 4.78 is 5.90. The highest BCUT2D eigenvalue weighted by molar-refractivity contribution is 5.89. The zero-order valence-electron chi connectivity index (χ0n) is 23.2. The topological polar surface area (TPSA) is 78.9 Å². The number of nitrogens with one attached hydrogen (secondary N) is 1. The van der Waals surface area contributed by atoms with Crippen molar-refractivity contribution in [1.82, 2.24) is 10.2 Å². The summed E-state index contributed by atoms with van der Waals surface area (Å²) in [7, 11) is 0. The summed E-state index contributed by atoms with van der Waals surface area (Å²) in [5, 5.41) is 13.0. The average molecular weight is 519 g/mol. The van der Waals surface area contributed by atoms with Crippen molar-refractivity contribution >= 4 is 18.1 Å². The summed E-state index contributed by atoms with van der Waals surface area (Å²) in [5.41, 5.74) is 3.20. The minimum Gasteiger partial charge on any atom is -0.478 e. The lowest BCUT2D eigenvalue weighted by Gasteiger charge is -2.38. The monoisotopic (exact) mass is 518 g/mol. The molecule has 2 aromatic rings. The van der Waals surface area contributed by atoms with Crippen molar-refractivity contribution in [1.29, 1.82) is 0 Å². The van der Waals surface area contributed by atoms with Gasteiger partial charge in [0.25, 0.3) is 0 Å². The van der Waals surface area contributed by atoms with E-state index in [9.17, 15) is 14.7 Å². The van der Waals surface area contributed by atoms with Crippen molar-refractivity contribution in [2.45, 2.75) is 96.5 Å². The molecule has 2 fully saturated rings. The van der Waals surface area contributed by atoms with Crippen LogP contribution in [0.25, 0.3) is 6.08 Å². The van der Waals surface area contributed by atoms with Gasteiger partial charge in [-0.1, -0.05) is 67.1 Å². The minimum atomic E-state index is -0.897. The number of rotatable bonds is 9. The molecule has 0 aliphatic heterocycles. The van der Waals surface area contributed by atoms with Crippen LogP contribution in [0.15, 0.2) is 60.2 Å². The Kier molecular flexibility index (Phi) is 8.93. The molecule has 38 heavy (non-hydrogen) atoms. The molecule has 2 N–H and O–H groups in total. The van der Waals surface area contributed by atoms with Gasteiger partial charge in [0.15, 0.2) is 0 Å². The van der Waals surface area contributed by atoms with Gasteiger partial charge in [-0.25, -0.2) is 9.59 Å². The van der Waals surface area contributed by atoms with Crippen LogP contribution in [0.2, 0.25) is 0 Å². The van der Waals surface area contributed by atoms with Crippen molar-refractivity contribution in [3.63, 3.8) is 0 Å². The molecule has 0 bridgehead atoms. The third kappa shape index (κ3) is 7.25. The predicted molar refractivity (Wildman–Crippen MR) is 151 cm³/mol. The highest BCUT2D eigenvalue weighted by atomic mass is 16.6. The lowest BCUT2D eigenvalue weighted by molar-refractivity contribution is 0.00785. The molecular weight excluding hydrogens is 476 g/mol. The third-order valence-electron chi connectivity index (χ3n) is 7.67. The first-order valence-electron chi connectivity index (χ1n) is 14.0. The molecule has 2 aromatic carbocycles. The Hall–Kier alpha value is -3.12. The van der Waals surface area contributed by atoms with E-state index in [0.29, 0.717) is 24.1 Å². The van der Waals surface area contributed by atoms with E-state index in [2.05, 4.69) is 47.5 Å². The van der Waals surface area contributed by atoms with Gasteiger partial charge < -0.3 is 20.1 Å². The van der Waals surface area contributed by atoms with Crippen LogP contribution in [0.5, 0.6) is 0 Å². The number of amides is 1. The largest absolute Gasteiger partial charge is 0.478 e. The summed E-state index contributed by atoms with van der Waals surface area (Å²) in [6, 6.07) is 18.2. The number of nitrogens with zero attached hydrogens (tertiary/aromatic N) is 1. The number of carbonyl (C=O) groups is 2. The van der Waals surface area contributed by atoms with E-state index in [1.807, 2.05) is 39.0 Å². The van der Waals surface area contributed by atoms with Crippen LogP contribution in [-0.2, 0) is 11.3 Å². The molecule has 6 heteroatoms. The Bertz CT molecular complexity index is 1130.